The Morgan fingerprint density at radius 2 is 1.00 bits per heavy atom. The Bertz CT molecular complexity index is 1510. The van der Waals surface area contributed by atoms with E-state index >= 15 is 0 Å². The summed E-state index contributed by atoms with van der Waals surface area (Å²) in [7, 11) is 0. The largest absolute Gasteiger partial charge is 0.398 e. The molecule has 0 aromatic heterocycles. The van der Waals surface area contributed by atoms with Crippen LogP contribution in [0.1, 0.15) is 70.7 Å². The van der Waals surface area contributed by atoms with Crippen LogP contribution in [0.2, 0.25) is 0 Å². The van der Waals surface area contributed by atoms with Gasteiger partial charge in [0.05, 0.1) is 0 Å². The van der Waals surface area contributed by atoms with E-state index in [1.807, 2.05) is 48.5 Å². The number of nitrogens with two attached hydrogens (primary N) is 2. The topological polar surface area (TPSA) is 86.2 Å². The molecule has 4 aromatic rings. The van der Waals surface area contributed by atoms with Crippen molar-refractivity contribution >= 4 is 46.5 Å². The number of rotatable bonds is 8. The third-order valence-corrected chi connectivity index (χ3v) is 9.18. The number of carbonyl (C=O) groups excluding carboxylic acids is 2. The van der Waals surface area contributed by atoms with Crippen molar-refractivity contribution in [1.82, 2.24) is 0 Å². The fourth-order valence-corrected chi connectivity index (χ4v) is 7.17. The molecule has 0 unspecified atom stereocenters. The van der Waals surface area contributed by atoms with Crippen LogP contribution in [-0.4, -0.2) is 11.6 Å². The zero-order valence-electron chi connectivity index (χ0n) is 23.3. The van der Waals surface area contributed by atoms with Gasteiger partial charge in [0, 0.05) is 53.2 Å². The molecule has 4 N–H and O–H groups in total. The first-order valence-electron chi connectivity index (χ1n) is 13.6. The van der Waals surface area contributed by atoms with Crippen LogP contribution in [0.4, 0.5) is 11.4 Å². The summed E-state index contributed by atoms with van der Waals surface area (Å²) in [5.41, 5.74) is 18.3. The minimum Gasteiger partial charge on any atom is -0.398 e. The summed E-state index contributed by atoms with van der Waals surface area (Å²) < 4.78 is 0. The number of nitrogen functional groups attached to an aromatic ring is 2. The van der Waals surface area contributed by atoms with Gasteiger partial charge < -0.3 is 11.5 Å². The van der Waals surface area contributed by atoms with Gasteiger partial charge in [0.25, 0.3) is 0 Å². The van der Waals surface area contributed by atoms with Crippen molar-refractivity contribution in [3.8, 4) is 0 Å². The zero-order valence-corrected chi connectivity index (χ0v) is 24.9. The van der Waals surface area contributed by atoms with Crippen LogP contribution < -0.4 is 11.5 Å². The first kappa shape index (κ1) is 28.1. The molecule has 0 atom stereocenters. The number of anilines is 2. The summed E-state index contributed by atoms with van der Waals surface area (Å²) in [6.45, 7) is 8.72. The Hall–Kier alpha value is -3.48. The van der Waals surface area contributed by atoms with Crippen molar-refractivity contribution < 1.29 is 9.59 Å². The maximum Gasteiger partial charge on any atom is 0.196 e. The van der Waals surface area contributed by atoms with Gasteiger partial charge in [-0.15, -0.1) is 0 Å². The van der Waals surface area contributed by atoms with E-state index in [1.54, 1.807) is 12.1 Å². The third kappa shape index (κ3) is 5.70. The van der Waals surface area contributed by atoms with Gasteiger partial charge in [0.2, 0.25) is 0 Å². The van der Waals surface area contributed by atoms with Crippen LogP contribution in [0, 0.1) is 11.8 Å². The first-order valence-corrected chi connectivity index (χ1v) is 15.2. The maximum absolute atomic E-state index is 14.2. The summed E-state index contributed by atoms with van der Waals surface area (Å²) in [4.78, 5) is 31.0. The van der Waals surface area contributed by atoms with Crippen LogP contribution in [0.25, 0.3) is 0 Å². The zero-order chi connectivity index (χ0) is 28.6. The molecule has 1 aliphatic rings. The second-order valence-electron chi connectivity index (χ2n) is 11.2. The second-order valence-corrected chi connectivity index (χ2v) is 13.3. The molecule has 0 radical (unpaired) electrons. The van der Waals surface area contributed by atoms with Crippen molar-refractivity contribution in [3.05, 3.63) is 106 Å². The second kappa shape index (κ2) is 11.6. The van der Waals surface area contributed by atoms with E-state index in [2.05, 4.69) is 39.8 Å². The highest BCUT2D eigenvalue weighted by Crippen LogP contribution is 2.43. The molecule has 0 heterocycles. The van der Waals surface area contributed by atoms with Crippen molar-refractivity contribution in [2.45, 2.75) is 60.1 Å². The molecule has 1 aliphatic carbocycles. The molecule has 0 aliphatic heterocycles. The van der Waals surface area contributed by atoms with Gasteiger partial charge >= 0.3 is 0 Å². The molecular weight excluding hydrogens is 533 g/mol. The monoisotopic (exact) mass is 566 g/mol. The Morgan fingerprint density at radius 1 is 0.575 bits per heavy atom. The Balaban J connectivity index is 1.51. The lowest BCUT2D eigenvalue weighted by Gasteiger charge is -2.22. The van der Waals surface area contributed by atoms with Crippen LogP contribution in [-0.2, 0) is 12.8 Å². The van der Waals surface area contributed by atoms with Gasteiger partial charge in [-0.1, -0.05) is 87.6 Å². The van der Waals surface area contributed by atoms with Gasteiger partial charge in [0.15, 0.2) is 11.6 Å². The van der Waals surface area contributed by atoms with E-state index in [0.29, 0.717) is 45.5 Å². The lowest BCUT2D eigenvalue weighted by molar-refractivity contribution is 0.0974. The number of hydrogen-bond acceptors (Lipinski definition) is 6. The lowest BCUT2D eigenvalue weighted by Crippen LogP contribution is -2.22. The molecule has 0 spiro atoms. The van der Waals surface area contributed by atoms with Crippen LogP contribution in [0.3, 0.4) is 0 Å². The molecule has 0 saturated heterocycles. The number of ketones is 2. The molecule has 0 amide bonds. The van der Waals surface area contributed by atoms with Crippen molar-refractivity contribution in [3.63, 3.8) is 0 Å². The minimum absolute atomic E-state index is 0.144. The van der Waals surface area contributed by atoms with E-state index < -0.39 is 0 Å². The molecule has 204 valence electrons. The fourth-order valence-electron chi connectivity index (χ4n) is 5.16. The Morgan fingerprint density at radius 3 is 1.38 bits per heavy atom. The molecule has 40 heavy (non-hydrogen) atoms. The van der Waals surface area contributed by atoms with Gasteiger partial charge in [-0.05, 0) is 72.2 Å². The molecule has 5 rings (SSSR count). The van der Waals surface area contributed by atoms with E-state index in [9.17, 15) is 9.59 Å². The smallest absolute Gasteiger partial charge is 0.196 e. The Kier molecular flexibility index (Phi) is 8.11. The number of hydrogen-bond donors (Lipinski definition) is 2. The number of fused-ring (bicyclic) bond motifs is 2. The van der Waals surface area contributed by atoms with Crippen LogP contribution >= 0.6 is 23.5 Å². The average molecular weight is 567 g/mol. The molecule has 0 saturated carbocycles. The van der Waals surface area contributed by atoms with Crippen molar-refractivity contribution in [2.75, 3.05) is 11.5 Å². The molecule has 4 nitrogen and oxygen atoms in total. The van der Waals surface area contributed by atoms with Gasteiger partial charge in [-0.3, -0.25) is 9.59 Å². The predicted octanol–water partition coefficient (Wildman–Crippen LogP) is 8.33. The van der Waals surface area contributed by atoms with E-state index in [-0.39, 0.29) is 11.6 Å². The van der Waals surface area contributed by atoms with Gasteiger partial charge in [-0.2, -0.15) is 0 Å². The quantitative estimate of drug-likeness (QED) is 0.184. The molecule has 0 fully saturated rings. The summed E-state index contributed by atoms with van der Waals surface area (Å²) in [6.07, 6.45) is 1.90. The van der Waals surface area contributed by atoms with Crippen LogP contribution in [0.15, 0.2) is 92.4 Å². The molecule has 4 aromatic carbocycles. The predicted molar refractivity (Wildman–Crippen MR) is 167 cm³/mol. The summed E-state index contributed by atoms with van der Waals surface area (Å²) in [5.74, 6) is 0.766. The summed E-state index contributed by atoms with van der Waals surface area (Å²) >= 11 is 2.86. The Labute approximate surface area is 244 Å². The molecule has 0 bridgehead atoms. The van der Waals surface area contributed by atoms with E-state index in [0.717, 1.165) is 32.4 Å². The highest BCUT2D eigenvalue weighted by atomic mass is 32.2. The minimum atomic E-state index is -0.152. The van der Waals surface area contributed by atoms with Crippen LogP contribution in [0.5, 0.6) is 0 Å². The highest BCUT2D eigenvalue weighted by Gasteiger charge is 2.34. The summed E-state index contributed by atoms with van der Waals surface area (Å²) in [5, 5.41) is 0. The van der Waals surface area contributed by atoms with E-state index in [4.69, 9.17) is 11.5 Å². The average Bonchev–Trinajstić information content (AvgIpc) is 2.89. The van der Waals surface area contributed by atoms with Gasteiger partial charge in [0.1, 0.15) is 0 Å². The third-order valence-electron chi connectivity index (χ3n) is 6.87. The van der Waals surface area contributed by atoms with E-state index in [1.165, 1.54) is 34.7 Å². The summed E-state index contributed by atoms with van der Waals surface area (Å²) in [6, 6.07) is 23.1. The fraction of sp³-hybridized carbons (Fsp3) is 0.235. The number of carbonyl (C=O) groups is 2. The lowest BCUT2D eigenvalue weighted by atomic mass is 9.84. The molecular formula is C34H34N2O2S2. The van der Waals surface area contributed by atoms with Crippen molar-refractivity contribution in [2.24, 2.45) is 11.8 Å². The highest BCUT2D eigenvalue weighted by molar-refractivity contribution is 8.00. The number of benzene rings is 4. The maximum atomic E-state index is 14.2. The normalized spacial score (nSPS) is 12.7. The first-order chi connectivity index (χ1) is 19.1. The van der Waals surface area contributed by atoms with Crippen molar-refractivity contribution in [1.29, 1.82) is 0 Å². The SMILES string of the molecule is CC(C)Cc1ccc(Sc2cccc3c2C(=O)c2c(Sc4ccc(CC(C)C)cc4N)cccc2C3=O)c(N)c1. The molecule has 6 heteroatoms. The van der Waals surface area contributed by atoms with Gasteiger partial charge in [-0.25, -0.2) is 0 Å². The standard InChI is InChI=1S/C34H34N2O2S2/c1-19(2)15-21-11-13-27(25(35)17-21)39-29-9-5-7-23-31(29)34(38)32-24(33(23)37)8-6-10-30(32)40-28-14-12-22(16-20(3)4)18-26(28)36/h5-14,17-20H,15-16,35-36H2,1-4H3.